The molecule has 5 nitrogen and oxygen atoms in total. The van der Waals surface area contributed by atoms with Crippen LogP contribution in [0.15, 0.2) is 43.9 Å². The van der Waals surface area contributed by atoms with E-state index in [0.29, 0.717) is 22.6 Å². The van der Waals surface area contributed by atoms with Gasteiger partial charge in [0.2, 0.25) is 10.0 Å². The standard InChI is InChI=1S/C12H12Br2N2O3S/c1-20(17,18)16-11-5-3-2-4-10(11)15-7-8-6-9(13)12(14)19-8/h2-6,15-16H,7H2,1H3. The van der Waals surface area contributed by atoms with E-state index < -0.39 is 10.0 Å². The van der Waals surface area contributed by atoms with Crippen molar-refractivity contribution in [3.05, 3.63) is 45.2 Å². The predicted octanol–water partition coefficient (Wildman–Crippen LogP) is 3.79. The molecule has 0 saturated heterocycles. The van der Waals surface area contributed by atoms with Crippen LogP contribution in [0.3, 0.4) is 0 Å². The van der Waals surface area contributed by atoms with Crippen LogP contribution in [0.2, 0.25) is 0 Å². The molecule has 0 atom stereocenters. The lowest BCUT2D eigenvalue weighted by atomic mass is 10.2. The Morgan fingerprint density at radius 2 is 1.85 bits per heavy atom. The maximum atomic E-state index is 11.3. The fraction of sp³-hybridized carbons (Fsp3) is 0.167. The molecule has 0 unspecified atom stereocenters. The average molecular weight is 424 g/mol. The molecule has 0 amide bonds. The second-order valence-corrected chi connectivity index (χ2v) is 7.43. The molecule has 0 fully saturated rings. The highest BCUT2D eigenvalue weighted by molar-refractivity contribution is 9.13. The Morgan fingerprint density at radius 3 is 2.40 bits per heavy atom. The number of hydrogen-bond acceptors (Lipinski definition) is 4. The van der Waals surface area contributed by atoms with Crippen LogP contribution in [-0.4, -0.2) is 14.7 Å². The zero-order valence-electron chi connectivity index (χ0n) is 10.5. The summed E-state index contributed by atoms with van der Waals surface area (Å²) in [5, 5.41) is 3.13. The molecule has 0 saturated carbocycles. The molecular weight excluding hydrogens is 412 g/mol. The molecule has 0 aliphatic heterocycles. The molecule has 1 heterocycles. The highest BCUT2D eigenvalue weighted by Gasteiger charge is 2.09. The highest BCUT2D eigenvalue weighted by Crippen LogP contribution is 2.28. The second kappa shape index (κ2) is 6.19. The zero-order valence-corrected chi connectivity index (χ0v) is 14.5. The molecule has 2 aromatic rings. The fourth-order valence-corrected chi connectivity index (χ4v) is 2.82. The number of sulfonamides is 1. The SMILES string of the molecule is CS(=O)(=O)Nc1ccccc1NCc1cc(Br)c(Br)o1. The lowest BCUT2D eigenvalue weighted by molar-refractivity contribution is 0.494. The first-order valence-electron chi connectivity index (χ1n) is 5.59. The predicted molar refractivity (Wildman–Crippen MR) is 86.3 cm³/mol. The van der Waals surface area contributed by atoms with Gasteiger partial charge >= 0.3 is 0 Å². The number of rotatable bonds is 5. The molecule has 0 spiro atoms. The average Bonchev–Trinajstić information content (AvgIpc) is 2.66. The largest absolute Gasteiger partial charge is 0.451 e. The lowest BCUT2D eigenvalue weighted by Crippen LogP contribution is -2.11. The van der Waals surface area contributed by atoms with Crippen LogP contribution >= 0.6 is 31.9 Å². The monoisotopic (exact) mass is 422 g/mol. The van der Waals surface area contributed by atoms with Crippen molar-refractivity contribution in [1.82, 2.24) is 0 Å². The Balaban J connectivity index is 2.13. The summed E-state index contributed by atoms with van der Waals surface area (Å²) in [7, 11) is -3.31. The topological polar surface area (TPSA) is 71.3 Å². The fourth-order valence-electron chi connectivity index (χ4n) is 1.59. The van der Waals surface area contributed by atoms with E-state index in [-0.39, 0.29) is 0 Å². The number of halogens is 2. The minimum atomic E-state index is -3.31. The maximum Gasteiger partial charge on any atom is 0.229 e. The number of anilines is 2. The van der Waals surface area contributed by atoms with Gasteiger partial charge in [-0.3, -0.25) is 4.72 Å². The van der Waals surface area contributed by atoms with Crippen LogP contribution in [0, 0.1) is 0 Å². The molecule has 2 N–H and O–H groups in total. The van der Waals surface area contributed by atoms with Gasteiger partial charge in [0.25, 0.3) is 0 Å². The van der Waals surface area contributed by atoms with Crippen LogP contribution < -0.4 is 10.0 Å². The number of nitrogens with one attached hydrogen (secondary N) is 2. The van der Waals surface area contributed by atoms with Crippen molar-refractivity contribution in [3.63, 3.8) is 0 Å². The molecule has 2 rings (SSSR count). The van der Waals surface area contributed by atoms with Gasteiger partial charge in [0.15, 0.2) is 4.67 Å². The van der Waals surface area contributed by atoms with E-state index in [0.717, 1.165) is 16.5 Å². The highest BCUT2D eigenvalue weighted by atomic mass is 79.9. The maximum absolute atomic E-state index is 11.3. The van der Waals surface area contributed by atoms with E-state index in [4.69, 9.17) is 4.42 Å². The van der Waals surface area contributed by atoms with Crippen molar-refractivity contribution >= 4 is 53.3 Å². The summed E-state index contributed by atoms with van der Waals surface area (Å²) < 4.78 is 32.0. The smallest absolute Gasteiger partial charge is 0.229 e. The van der Waals surface area contributed by atoms with Gasteiger partial charge in [-0.1, -0.05) is 12.1 Å². The van der Waals surface area contributed by atoms with Crippen LogP contribution in [0.1, 0.15) is 5.76 Å². The Morgan fingerprint density at radius 1 is 1.20 bits per heavy atom. The van der Waals surface area contributed by atoms with Gasteiger partial charge in [0.1, 0.15) is 5.76 Å². The second-order valence-electron chi connectivity index (χ2n) is 4.11. The van der Waals surface area contributed by atoms with Crippen LogP contribution in [0.5, 0.6) is 0 Å². The van der Waals surface area contributed by atoms with Gasteiger partial charge in [-0.15, -0.1) is 0 Å². The summed E-state index contributed by atoms with van der Waals surface area (Å²) in [6.45, 7) is 0.437. The van der Waals surface area contributed by atoms with Gasteiger partial charge in [0, 0.05) is 0 Å². The van der Waals surface area contributed by atoms with Gasteiger partial charge in [0.05, 0.1) is 28.6 Å². The summed E-state index contributed by atoms with van der Waals surface area (Å²) >= 11 is 6.60. The zero-order chi connectivity index (χ0) is 14.8. The minimum Gasteiger partial charge on any atom is -0.451 e. The Hall–Kier alpha value is -0.990. The van der Waals surface area contributed by atoms with E-state index in [1.165, 1.54) is 0 Å². The molecule has 20 heavy (non-hydrogen) atoms. The quantitative estimate of drug-likeness (QED) is 0.767. The third-order valence-corrected chi connectivity index (χ3v) is 4.67. The molecule has 0 radical (unpaired) electrons. The molecular formula is C12H12Br2N2O3S. The Bertz CT molecular complexity index is 694. The van der Waals surface area contributed by atoms with E-state index in [1.807, 2.05) is 12.1 Å². The van der Waals surface area contributed by atoms with Crippen LogP contribution in [0.4, 0.5) is 11.4 Å². The molecule has 1 aromatic carbocycles. The third kappa shape index (κ3) is 4.26. The van der Waals surface area contributed by atoms with Gasteiger partial charge in [-0.05, 0) is 50.1 Å². The van der Waals surface area contributed by atoms with Crippen LogP contribution in [-0.2, 0) is 16.6 Å². The molecule has 0 aliphatic rings. The number of para-hydroxylation sites is 2. The molecule has 0 aliphatic carbocycles. The van der Waals surface area contributed by atoms with Crippen molar-refractivity contribution in [1.29, 1.82) is 0 Å². The van der Waals surface area contributed by atoms with Gasteiger partial charge in [-0.25, -0.2) is 8.42 Å². The van der Waals surface area contributed by atoms with Crippen molar-refractivity contribution < 1.29 is 12.8 Å². The Kier molecular flexibility index (Phi) is 4.77. The Labute approximate surface area is 134 Å². The normalized spacial score (nSPS) is 11.3. The summed E-state index contributed by atoms with van der Waals surface area (Å²) in [6.07, 6.45) is 1.12. The first-order valence-corrected chi connectivity index (χ1v) is 9.07. The lowest BCUT2D eigenvalue weighted by Gasteiger charge is -2.11. The van der Waals surface area contributed by atoms with Crippen LogP contribution in [0.25, 0.3) is 0 Å². The molecule has 8 heteroatoms. The van der Waals surface area contributed by atoms with Crippen molar-refractivity contribution in [2.24, 2.45) is 0 Å². The number of furan rings is 1. The number of benzene rings is 1. The number of hydrogen-bond donors (Lipinski definition) is 2. The van der Waals surface area contributed by atoms with E-state index >= 15 is 0 Å². The summed E-state index contributed by atoms with van der Waals surface area (Å²) in [5.41, 5.74) is 1.18. The van der Waals surface area contributed by atoms with Crippen molar-refractivity contribution in [3.8, 4) is 0 Å². The summed E-state index contributed by atoms with van der Waals surface area (Å²) in [4.78, 5) is 0. The summed E-state index contributed by atoms with van der Waals surface area (Å²) in [6, 6.07) is 8.91. The first-order chi connectivity index (χ1) is 9.35. The molecule has 1 aromatic heterocycles. The first kappa shape index (κ1) is 15.4. The molecule has 0 bridgehead atoms. The van der Waals surface area contributed by atoms with Crippen molar-refractivity contribution in [2.45, 2.75) is 6.54 Å². The summed E-state index contributed by atoms with van der Waals surface area (Å²) in [5.74, 6) is 0.720. The van der Waals surface area contributed by atoms with E-state index in [9.17, 15) is 8.42 Å². The van der Waals surface area contributed by atoms with Gasteiger partial charge in [-0.2, -0.15) is 0 Å². The van der Waals surface area contributed by atoms with E-state index in [2.05, 4.69) is 41.9 Å². The minimum absolute atomic E-state index is 0.437. The van der Waals surface area contributed by atoms with E-state index in [1.54, 1.807) is 18.2 Å². The van der Waals surface area contributed by atoms with Crippen molar-refractivity contribution in [2.75, 3.05) is 16.3 Å². The molecule has 108 valence electrons. The third-order valence-electron chi connectivity index (χ3n) is 2.37. The van der Waals surface area contributed by atoms with Gasteiger partial charge < -0.3 is 9.73 Å².